The lowest BCUT2D eigenvalue weighted by Gasteiger charge is -2.12. The minimum atomic E-state index is -2.11. The average molecular weight is 339 g/mol. The predicted molar refractivity (Wildman–Crippen MR) is 109 cm³/mol. The largest absolute Gasteiger partial charge is 0.212 e. The fourth-order valence-corrected chi connectivity index (χ4v) is 4.30. The molecule has 1 aliphatic rings. The maximum Gasteiger partial charge on any atom is 0.212 e. The summed E-state index contributed by atoms with van der Waals surface area (Å²) >= 11 is 0. The highest BCUT2D eigenvalue weighted by Gasteiger charge is 2.25. The van der Waals surface area contributed by atoms with Crippen LogP contribution in [0.15, 0.2) is 60.8 Å². The summed E-state index contributed by atoms with van der Waals surface area (Å²) in [5.74, 6) is 0. The van der Waals surface area contributed by atoms with E-state index in [0.29, 0.717) is 5.56 Å². The number of fused-ring (bicyclic) bond motifs is 3. The molecule has 0 unspecified atom stereocenters. The maximum absolute atomic E-state index is 7.81. The molecule has 0 amide bonds. The quantitative estimate of drug-likeness (QED) is 0.335. The zero-order valence-corrected chi connectivity index (χ0v) is 15.2. The number of pyridine rings is 1. The molecule has 0 saturated carbocycles. The molecule has 0 saturated heterocycles. The highest BCUT2D eigenvalue weighted by molar-refractivity contribution is 6.17. The van der Waals surface area contributed by atoms with Gasteiger partial charge in [-0.25, -0.2) is 4.57 Å². The first-order valence-electron chi connectivity index (χ1n) is 10.4. The van der Waals surface area contributed by atoms with Gasteiger partial charge in [0.15, 0.2) is 6.20 Å². The third-order valence-corrected chi connectivity index (χ3v) is 5.69. The third-order valence-electron chi connectivity index (χ3n) is 5.69. The minimum Gasteiger partial charge on any atom is -0.201 e. The van der Waals surface area contributed by atoms with Crippen molar-refractivity contribution in [2.24, 2.45) is 7.05 Å². The Hall–Kier alpha value is -2.93. The maximum atomic E-state index is 7.81. The first-order valence-corrected chi connectivity index (χ1v) is 8.94. The van der Waals surface area contributed by atoms with Crippen LogP contribution in [0.2, 0.25) is 0 Å². The Balaban J connectivity index is 1.83. The van der Waals surface area contributed by atoms with Crippen LogP contribution >= 0.6 is 0 Å². The van der Waals surface area contributed by atoms with Crippen molar-refractivity contribution in [3.63, 3.8) is 0 Å². The molecule has 0 spiro atoms. The van der Waals surface area contributed by atoms with Gasteiger partial charge in [0.2, 0.25) is 5.69 Å². The molecule has 1 aromatic heterocycles. The van der Waals surface area contributed by atoms with Gasteiger partial charge in [-0.2, -0.15) is 0 Å². The van der Waals surface area contributed by atoms with E-state index in [1.165, 1.54) is 38.6 Å². The molecule has 0 fully saturated rings. The van der Waals surface area contributed by atoms with Gasteiger partial charge in [-0.15, -0.1) is 0 Å². The van der Waals surface area contributed by atoms with Crippen molar-refractivity contribution in [2.45, 2.75) is 20.7 Å². The molecule has 1 heterocycles. The van der Waals surface area contributed by atoms with Gasteiger partial charge >= 0.3 is 0 Å². The van der Waals surface area contributed by atoms with Crippen molar-refractivity contribution in [3.05, 3.63) is 77.5 Å². The summed E-state index contributed by atoms with van der Waals surface area (Å²) < 4.78 is 25.4. The zero-order valence-electron chi connectivity index (χ0n) is 18.2. The van der Waals surface area contributed by atoms with Gasteiger partial charge in [0.05, 0.1) is 5.56 Å². The van der Waals surface area contributed by atoms with Crippen molar-refractivity contribution in [1.29, 1.82) is 0 Å². The highest BCUT2D eigenvalue weighted by Crippen LogP contribution is 2.49. The number of benzene rings is 3. The second kappa shape index (κ2) is 5.28. The summed E-state index contributed by atoms with van der Waals surface area (Å²) in [4.78, 5) is 0. The van der Waals surface area contributed by atoms with Gasteiger partial charge in [0.25, 0.3) is 0 Å². The molecular formula is C25H22N+. The van der Waals surface area contributed by atoms with Crippen LogP contribution in [-0.4, -0.2) is 0 Å². The number of aryl methyl sites for hydroxylation is 4. The number of hydrogen-bond acceptors (Lipinski definition) is 0. The molecule has 1 aliphatic carbocycles. The lowest BCUT2D eigenvalue weighted by Crippen LogP contribution is -2.31. The molecule has 3 aromatic carbocycles. The molecular weight excluding hydrogens is 314 g/mol. The Labute approximate surface area is 158 Å². The molecule has 1 heteroatoms. The van der Waals surface area contributed by atoms with Crippen LogP contribution < -0.4 is 4.57 Å². The SMILES string of the molecule is [2H]C([2H])([2H])c1c[n+](C)c(-c2cc3c4c(cccc4c2C)-c2ccccc2-3)cc1C. The van der Waals surface area contributed by atoms with Crippen LogP contribution in [0.1, 0.15) is 20.8 Å². The lowest BCUT2D eigenvalue weighted by atomic mass is 9.92. The molecule has 26 heavy (non-hydrogen) atoms. The summed E-state index contributed by atoms with van der Waals surface area (Å²) in [5.41, 5.74) is 9.68. The van der Waals surface area contributed by atoms with E-state index in [0.717, 1.165) is 16.8 Å². The molecule has 4 aromatic rings. The van der Waals surface area contributed by atoms with Crippen LogP contribution in [0.4, 0.5) is 0 Å². The molecule has 0 atom stereocenters. The first-order chi connectivity index (χ1) is 13.8. The van der Waals surface area contributed by atoms with Crippen molar-refractivity contribution in [2.75, 3.05) is 0 Å². The van der Waals surface area contributed by atoms with E-state index in [4.69, 9.17) is 4.11 Å². The Morgan fingerprint density at radius 2 is 1.50 bits per heavy atom. The first kappa shape index (κ1) is 12.4. The molecule has 126 valence electrons. The van der Waals surface area contributed by atoms with E-state index in [1.807, 2.05) is 24.6 Å². The summed E-state index contributed by atoms with van der Waals surface area (Å²) in [5, 5.41) is 2.57. The lowest BCUT2D eigenvalue weighted by molar-refractivity contribution is -0.660. The highest BCUT2D eigenvalue weighted by atomic mass is 14.9. The zero-order chi connectivity index (χ0) is 20.5. The summed E-state index contributed by atoms with van der Waals surface area (Å²) in [6.45, 7) is 1.93. The normalized spacial score (nSPS) is 14.0. The molecule has 0 N–H and O–H groups in total. The Morgan fingerprint density at radius 3 is 2.27 bits per heavy atom. The smallest absolute Gasteiger partial charge is 0.201 e. The van der Waals surface area contributed by atoms with Gasteiger partial charge in [0.1, 0.15) is 7.05 Å². The molecule has 0 aliphatic heterocycles. The Kier molecular flexibility index (Phi) is 2.52. The second-order valence-corrected chi connectivity index (χ2v) is 7.24. The van der Waals surface area contributed by atoms with Crippen LogP contribution in [0, 0.1) is 20.7 Å². The monoisotopic (exact) mass is 339 g/mol. The minimum absolute atomic E-state index is 0.402. The Bertz CT molecular complexity index is 1320. The number of nitrogens with zero attached hydrogens (tertiary/aromatic N) is 1. The van der Waals surface area contributed by atoms with Gasteiger partial charge in [-0.1, -0.05) is 42.5 Å². The summed E-state index contributed by atoms with van der Waals surface area (Å²) in [6.07, 6.45) is 1.75. The van der Waals surface area contributed by atoms with Crippen molar-refractivity contribution >= 4 is 10.8 Å². The number of hydrogen-bond donors (Lipinski definition) is 0. The van der Waals surface area contributed by atoms with E-state index < -0.39 is 6.85 Å². The van der Waals surface area contributed by atoms with Gasteiger partial charge in [-0.3, -0.25) is 0 Å². The summed E-state index contributed by atoms with van der Waals surface area (Å²) in [6, 6.07) is 19.4. The van der Waals surface area contributed by atoms with Crippen molar-refractivity contribution in [1.82, 2.24) is 0 Å². The van der Waals surface area contributed by atoms with E-state index in [1.54, 1.807) is 6.20 Å². The fraction of sp³-hybridized carbons (Fsp3) is 0.160. The van der Waals surface area contributed by atoms with E-state index in [9.17, 15) is 0 Å². The van der Waals surface area contributed by atoms with Crippen LogP contribution in [0.5, 0.6) is 0 Å². The van der Waals surface area contributed by atoms with E-state index in [-0.39, 0.29) is 0 Å². The number of aromatic nitrogens is 1. The second-order valence-electron chi connectivity index (χ2n) is 7.24. The van der Waals surface area contributed by atoms with Gasteiger partial charge in [-0.05, 0) is 70.9 Å². The molecule has 0 bridgehead atoms. The van der Waals surface area contributed by atoms with Gasteiger partial charge < -0.3 is 0 Å². The predicted octanol–water partition coefficient (Wildman–Crippen LogP) is 5.90. The van der Waals surface area contributed by atoms with Crippen LogP contribution in [0.25, 0.3) is 44.3 Å². The van der Waals surface area contributed by atoms with Crippen LogP contribution in [-0.2, 0) is 7.05 Å². The number of rotatable bonds is 1. The molecule has 1 nitrogen and oxygen atoms in total. The topological polar surface area (TPSA) is 3.88 Å². The average Bonchev–Trinajstić information content (AvgIpc) is 3.00. The molecule has 0 radical (unpaired) electrons. The van der Waals surface area contributed by atoms with Gasteiger partial charge in [0, 0.05) is 15.7 Å². The van der Waals surface area contributed by atoms with Crippen molar-refractivity contribution < 1.29 is 8.68 Å². The fourth-order valence-electron chi connectivity index (χ4n) is 4.30. The van der Waals surface area contributed by atoms with E-state index >= 15 is 0 Å². The Morgan fingerprint density at radius 1 is 0.769 bits per heavy atom. The molecule has 5 rings (SSSR count). The standard InChI is InChI=1S/C25H22N/c1-15-12-24(26(4)14-16(15)2)22-13-23-20-9-6-5-8-19(20)21-11-7-10-18(17(22)3)25(21)23/h5-14H,1-4H3/q+1/i2D3. The van der Waals surface area contributed by atoms with E-state index in [2.05, 4.69) is 55.5 Å². The van der Waals surface area contributed by atoms with Crippen molar-refractivity contribution in [3.8, 4) is 33.5 Å². The summed E-state index contributed by atoms with van der Waals surface area (Å²) in [7, 11) is 1.93. The third kappa shape index (κ3) is 1.94. The van der Waals surface area contributed by atoms with Crippen LogP contribution in [0.3, 0.4) is 0 Å².